The van der Waals surface area contributed by atoms with E-state index < -0.39 is 6.95 Å². The molecule has 3 nitrogen and oxygen atoms in total. The van der Waals surface area contributed by atoms with Crippen molar-refractivity contribution < 1.29 is 14.0 Å². The molecule has 0 radical (unpaired) electrons. The number of hydrogen-bond donors (Lipinski definition) is 1. The lowest BCUT2D eigenvalue weighted by atomic mass is 9.87. The minimum absolute atomic E-state index is 0.0441. The highest BCUT2D eigenvalue weighted by Crippen LogP contribution is 2.47. The van der Waals surface area contributed by atoms with Gasteiger partial charge in [0, 0.05) is 11.2 Å². The maximum atomic E-state index is 10.8. The van der Waals surface area contributed by atoms with E-state index in [0.717, 1.165) is 5.56 Å². The topological polar surface area (TPSA) is 46.5 Å². The van der Waals surface area contributed by atoms with Crippen molar-refractivity contribution in [3.63, 3.8) is 0 Å². The third kappa shape index (κ3) is 4.25. The van der Waals surface area contributed by atoms with Gasteiger partial charge in [-0.05, 0) is 23.1 Å². The molecule has 0 heterocycles. The lowest BCUT2D eigenvalue weighted by molar-refractivity contribution is 0.401. The van der Waals surface area contributed by atoms with Gasteiger partial charge in [0.2, 0.25) is 0 Å². The van der Waals surface area contributed by atoms with E-state index in [1.807, 2.05) is 12.1 Å². The van der Waals surface area contributed by atoms with Crippen LogP contribution in [0, 0.1) is 0 Å². The molecule has 5 heteroatoms. The fourth-order valence-corrected chi connectivity index (χ4v) is 1.77. The van der Waals surface area contributed by atoms with Gasteiger partial charge >= 0.3 is 6.95 Å². The van der Waals surface area contributed by atoms with Gasteiger partial charge in [-0.1, -0.05) is 32.9 Å². The summed E-state index contributed by atoms with van der Waals surface area (Å²) in [7, 11) is 0. The van der Waals surface area contributed by atoms with Crippen LogP contribution in [0.5, 0.6) is 5.75 Å². The fraction of sp³-hybridized carbons (Fsp3) is 0.400. The molecule has 84 valence electrons. The predicted molar refractivity (Wildman–Crippen MR) is 61.4 cm³/mol. The first-order chi connectivity index (χ1) is 6.68. The molecule has 0 spiro atoms. The van der Waals surface area contributed by atoms with Crippen molar-refractivity contribution in [2.45, 2.75) is 26.2 Å². The van der Waals surface area contributed by atoms with E-state index in [1.165, 1.54) is 0 Å². The third-order valence-electron chi connectivity index (χ3n) is 1.94. The van der Waals surface area contributed by atoms with E-state index in [1.54, 1.807) is 12.1 Å². The summed E-state index contributed by atoms with van der Waals surface area (Å²) in [5.74, 6) is 0.295. The molecule has 0 aliphatic heterocycles. The van der Waals surface area contributed by atoms with Gasteiger partial charge in [-0.2, -0.15) is 0 Å². The van der Waals surface area contributed by atoms with Crippen LogP contribution in [0.2, 0.25) is 0 Å². The molecule has 0 aliphatic rings. The molecule has 0 aromatic heterocycles. The minimum Gasteiger partial charge on any atom is -0.413 e. The maximum absolute atomic E-state index is 10.8. The van der Waals surface area contributed by atoms with Crippen LogP contribution in [0.1, 0.15) is 26.3 Å². The second-order valence-corrected chi connectivity index (χ2v) is 6.68. The smallest absolute Gasteiger partial charge is 0.413 e. The van der Waals surface area contributed by atoms with Crippen LogP contribution in [-0.4, -0.2) is 4.89 Å². The molecule has 1 unspecified atom stereocenters. The largest absolute Gasteiger partial charge is 0.474 e. The number of rotatable bonds is 2. The molecule has 1 aromatic rings. The minimum atomic E-state index is -3.97. The Balaban J connectivity index is 2.87. The third-order valence-corrected chi connectivity index (χ3v) is 2.58. The van der Waals surface area contributed by atoms with Crippen molar-refractivity contribution in [3.05, 3.63) is 29.8 Å². The Morgan fingerprint density at radius 1 is 1.27 bits per heavy atom. The molecule has 1 rings (SSSR count). The summed E-state index contributed by atoms with van der Waals surface area (Å²) >= 11 is 5.09. The quantitative estimate of drug-likeness (QED) is 0.812. The summed E-state index contributed by atoms with van der Waals surface area (Å²) in [5, 5.41) is 0. The Hall–Kier alpha value is -0.500. The molecule has 0 saturated heterocycles. The van der Waals surface area contributed by atoms with Crippen LogP contribution in [0.25, 0.3) is 0 Å². The molecular formula is C10H14ClO3P. The maximum Gasteiger partial charge on any atom is 0.474 e. The highest BCUT2D eigenvalue weighted by Gasteiger charge is 2.17. The Kier molecular flexibility index (Phi) is 3.49. The monoisotopic (exact) mass is 248 g/mol. The van der Waals surface area contributed by atoms with E-state index in [-0.39, 0.29) is 5.41 Å². The summed E-state index contributed by atoms with van der Waals surface area (Å²) in [5.41, 5.74) is 1.17. The Morgan fingerprint density at radius 3 is 2.07 bits per heavy atom. The summed E-state index contributed by atoms with van der Waals surface area (Å²) in [4.78, 5) is 8.80. The average Bonchev–Trinajstić information content (AvgIpc) is 2.00. The Labute approximate surface area is 94.4 Å². The van der Waals surface area contributed by atoms with Gasteiger partial charge in [0.15, 0.2) is 0 Å². The first-order valence-electron chi connectivity index (χ1n) is 4.51. The van der Waals surface area contributed by atoms with Crippen molar-refractivity contribution in [2.75, 3.05) is 0 Å². The predicted octanol–water partition coefficient (Wildman–Crippen LogP) is 3.70. The Morgan fingerprint density at radius 2 is 1.73 bits per heavy atom. The molecule has 15 heavy (non-hydrogen) atoms. The second-order valence-electron chi connectivity index (χ2n) is 4.32. The van der Waals surface area contributed by atoms with E-state index in [0.29, 0.717) is 5.75 Å². The van der Waals surface area contributed by atoms with Crippen LogP contribution in [-0.2, 0) is 9.98 Å². The van der Waals surface area contributed by atoms with Crippen LogP contribution in [0.4, 0.5) is 0 Å². The van der Waals surface area contributed by atoms with E-state index in [9.17, 15) is 4.57 Å². The van der Waals surface area contributed by atoms with Gasteiger partial charge in [0.1, 0.15) is 5.75 Å². The van der Waals surface area contributed by atoms with Crippen LogP contribution < -0.4 is 4.52 Å². The summed E-state index contributed by atoms with van der Waals surface area (Å²) < 4.78 is 15.4. The normalized spacial score (nSPS) is 15.8. The molecule has 0 amide bonds. The Bertz CT molecular complexity index is 375. The van der Waals surface area contributed by atoms with Gasteiger partial charge < -0.3 is 9.42 Å². The van der Waals surface area contributed by atoms with E-state index in [2.05, 4.69) is 25.3 Å². The van der Waals surface area contributed by atoms with Crippen molar-refractivity contribution in [2.24, 2.45) is 0 Å². The highest BCUT2D eigenvalue weighted by molar-refractivity contribution is 7.80. The molecule has 1 aromatic carbocycles. The number of benzene rings is 1. The zero-order valence-electron chi connectivity index (χ0n) is 8.90. The molecule has 0 bridgehead atoms. The van der Waals surface area contributed by atoms with Crippen molar-refractivity contribution >= 4 is 18.2 Å². The van der Waals surface area contributed by atoms with Crippen molar-refractivity contribution in [1.82, 2.24) is 0 Å². The number of hydrogen-bond acceptors (Lipinski definition) is 2. The second kappa shape index (κ2) is 4.17. The zero-order chi connectivity index (χ0) is 11.7. The van der Waals surface area contributed by atoms with Gasteiger partial charge in [-0.3, -0.25) is 0 Å². The average molecular weight is 249 g/mol. The molecule has 1 N–H and O–H groups in total. The van der Waals surface area contributed by atoms with Gasteiger partial charge in [0.25, 0.3) is 0 Å². The van der Waals surface area contributed by atoms with E-state index in [4.69, 9.17) is 16.1 Å². The lowest BCUT2D eigenvalue weighted by Crippen LogP contribution is -2.10. The first kappa shape index (κ1) is 12.6. The van der Waals surface area contributed by atoms with Crippen molar-refractivity contribution in [1.29, 1.82) is 0 Å². The summed E-state index contributed by atoms with van der Waals surface area (Å²) in [6.07, 6.45) is 0. The van der Waals surface area contributed by atoms with Gasteiger partial charge in [0.05, 0.1) is 0 Å². The standard InChI is InChI=1S/C10H14ClO3P/c1-10(2,3)8-4-6-9(7-5-8)14-15(11,12)13/h4-7H,1-3H3,(H,12,13). The molecule has 0 saturated carbocycles. The van der Waals surface area contributed by atoms with Crippen LogP contribution in [0.3, 0.4) is 0 Å². The van der Waals surface area contributed by atoms with E-state index >= 15 is 0 Å². The lowest BCUT2D eigenvalue weighted by Gasteiger charge is -2.19. The number of halogens is 1. The summed E-state index contributed by atoms with van der Waals surface area (Å²) in [6.45, 7) is 2.28. The zero-order valence-corrected chi connectivity index (χ0v) is 10.5. The molecule has 0 fully saturated rings. The van der Waals surface area contributed by atoms with Gasteiger partial charge in [-0.25, -0.2) is 4.57 Å². The first-order valence-corrected chi connectivity index (χ1v) is 6.99. The molecule has 1 atom stereocenters. The summed E-state index contributed by atoms with van der Waals surface area (Å²) in [6, 6.07) is 6.96. The van der Waals surface area contributed by atoms with Crippen LogP contribution in [0.15, 0.2) is 24.3 Å². The van der Waals surface area contributed by atoms with Gasteiger partial charge in [-0.15, -0.1) is 0 Å². The molecular weight excluding hydrogens is 235 g/mol. The fourth-order valence-electron chi connectivity index (χ4n) is 1.15. The SMILES string of the molecule is CC(C)(C)c1ccc(OP(=O)(O)Cl)cc1. The van der Waals surface area contributed by atoms with Crippen LogP contribution >= 0.6 is 18.2 Å². The molecule has 0 aliphatic carbocycles. The highest BCUT2D eigenvalue weighted by atomic mass is 35.7. The van der Waals surface area contributed by atoms with Crippen molar-refractivity contribution in [3.8, 4) is 5.75 Å².